The van der Waals surface area contributed by atoms with Crippen LogP contribution in [0.15, 0.2) is 0 Å². The van der Waals surface area contributed by atoms with Gasteiger partial charge in [-0.25, -0.2) is 4.68 Å². The lowest BCUT2D eigenvalue weighted by atomic mass is 10.2. The minimum atomic E-state index is -0.238. The number of nitrogens with one attached hydrogen (secondary N) is 1. The topological polar surface area (TPSA) is 57.5 Å². The van der Waals surface area contributed by atoms with Crippen LogP contribution in [-0.4, -0.2) is 43.9 Å². The average molecular weight is 243 g/mol. The maximum atomic E-state index is 5.31. The molecule has 0 radical (unpaired) electrons. The van der Waals surface area contributed by atoms with E-state index in [4.69, 9.17) is 14.2 Å². The summed E-state index contributed by atoms with van der Waals surface area (Å²) in [6.07, 6.45) is -0.238. The normalized spacial score (nSPS) is 11.2. The number of nitrogens with zero attached hydrogens (tertiary/aromatic N) is 2. The molecule has 0 saturated heterocycles. The Morgan fingerprint density at radius 1 is 1.29 bits per heavy atom. The summed E-state index contributed by atoms with van der Waals surface area (Å²) in [5.41, 5.74) is 2.02. The van der Waals surface area contributed by atoms with E-state index in [9.17, 15) is 0 Å². The van der Waals surface area contributed by atoms with E-state index in [1.54, 1.807) is 26.0 Å². The Hall–Kier alpha value is -1.11. The Balaban J connectivity index is 2.57. The zero-order valence-corrected chi connectivity index (χ0v) is 11.1. The predicted octanol–water partition coefficient (Wildman–Crippen LogP) is 0.446. The predicted molar refractivity (Wildman–Crippen MR) is 64.0 cm³/mol. The molecular weight excluding hydrogens is 222 g/mol. The highest BCUT2D eigenvalue weighted by atomic mass is 16.7. The van der Waals surface area contributed by atoms with Crippen molar-refractivity contribution in [1.82, 2.24) is 15.1 Å². The van der Waals surface area contributed by atoms with Gasteiger partial charge in [0.1, 0.15) is 0 Å². The molecule has 1 aromatic heterocycles. The summed E-state index contributed by atoms with van der Waals surface area (Å²) in [6, 6.07) is 0. The van der Waals surface area contributed by atoms with E-state index in [1.807, 2.05) is 14.0 Å². The van der Waals surface area contributed by atoms with Crippen molar-refractivity contribution in [1.29, 1.82) is 0 Å². The van der Waals surface area contributed by atoms with Crippen LogP contribution < -0.4 is 10.1 Å². The summed E-state index contributed by atoms with van der Waals surface area (Å²) in [4.78, 5) is 0. The van der Waals surface area contributed by atoms with Crippen molar-refractivity contribution in [3.05, 3.63) is 11.3 Å². The molecule has 1 N–H and O–H groups in total. The molecule has 0 unspecified atom stereocenters. The highest BCUT2D eigenvalue weighted by Gasteiger charge is 2.13. The molecule has 0 fully saturated rings. The fourth-order valence-electron chi connectivity index (χ4n) is 1.72. The third-order valence-electron chi connectivity index (χ3n) is 2.62. The van der Waals surface area contributed by atoms with Crippen LogP contribution in [0.3, 0.4) is 0 Å². The number of ether oxygens (including phenoxy) is 3. The molecule has 0 bridgehead atoms. The molecule has 6 heteroatoms. The summed E-state index contributed by atoms with van der Waals surface area (Å²) < 4.78 is 17.2. The molecule has 0 aliphatic rings. The first-order valence-electron chi connectivity index (χ1n) is 5.46. The van der Waals surface area contributed by atoms with Gasteiger partial charge in [-0.2, -0.15) is 5.10 Å². The van der Waals surface area contributed by atoms with Gasteiger partial charge in [0.25, 0.3) is 0 Å². The molecule has 98 valence electrons. The Labute approximate surface area is 102 Å². The second-order valence-electron chi connectivity index (χ2n) is 3.73. The van der Waals surface area contributed by atoms with Crippen molar-refractivity contribution >= 4 is 0 Å². The molecular formula is C11H21N3O3. The average Bonchev–Trinajstić information content (AvgIpc) is 2.59. The van der Waals surface area contributed by atoms with Gasteiger partial charge in [-0.15, -0.1) is 0 Å². The molecule has 1 rings (SSSR count). The smallest absolute Gasteiger partial charge is 0.216 e. The van der Waals surface area contributed by atoms with Gasteiger partial charge >= 0.3 is 0 Å². The monoisotopic (exact) mass is 243 g/mol. The molecule has 0 spiro atoms. The van der Waals surface area contributed by atoms with Crippen molar-refractivity contribution in [3.8, 4) is 5.88 Å². The van der Waals surface area contributed by atoms with Crippen LogP contribution in [-0.2, 0) is 23.1 Å². The van der Waals surface area contributed by atoms with Crippen molar-refractivity contribution in [3.63, 3.8) is 0 Å². The number of aromatic nitrogens is 2. The van der Waals surface area contributed by atoms with Gasteiger partial charge in [-0.1, -0.05) is 0 Å². The Morgan fingerprint density at radius 3 is 2.47 bits per heavy atom. The third-order valence-corrected chi connectivity index (χ3v) is 2.62. The maximum Gasteiger partial charge on any atom is 0.216 e. The number of hydrogen-bond donors (Lipinski definition) is 1. The highest BCUT2D eigenvalue weighted by Crippen LogP contribution is 2.20. The van der Waals surface area contributed by atoms with E-state index in [0.29, 0.717) is 13.1 Å². The second kappa shape index (κ2) is 6.58. The number of rotatable bonds is 7. The van der Waals surface area contributed by atoms with Crippen LogP contribution in [0.25, 0.3) is 0 Å². The van der Waals surface area contributed by atoms with Crippen LogP contribution in [0.5, 0.6) is 5.88 Å². The van der Waals surface area contributed by atoms with E-state index < -0.39 is 0 Å². The van der Waals surface area contributed by atoms with E-state index in [-0.39, 0.29) is 6.29 Å². The van der Waals surface area contributed by atoms with Crippen LogP contribution >= 0.6 is 0 Å². The minimum absolute atomic E-state index is 0.238. The molecule has 0 aliphatic heterocycles. The number of methoxy groups -OCH3 is 3. The maximum absolute atomic E-state index is 5.31. The molecule has 0 amide bonds. The van der Waals surface area contributed by atoms with Crippen molar-refractivity contribution in [2.75, 3.05) is 27.9 Å². The number of aryl methyl sites for hydroxylation is 2. The molecule has 17 heavy (non-hydrogen) atoms. The zero-order valence-electron chi connectivity index (χ0n) is 11.1. The van der Waals surface area contributed by atoms with Gasteiger partial charge in [0.15, 0.2) is 6.29 Å². The first-order valence-corrected chi connectivity index (χ1v) is 5.46. The molecule has 0 aromatic carbocycles. The lowest BCUT2D eigenvalue weighted by Crippen LogP contribution is -2.29. The van der Waals surface area contributed by atoms with E-state index >= 15 is 0 Å². The lowest BCUT2D eigenvalue weighted by molar-refractivity contribution is -0.0989. The standard InChI is InChI=1S/C11H21N3O3/c1-8-9(11(17-5)14(2)13-8)6-12-7-10(15-3)16-4/h10,12H,6-7H2,1-5H3. The van der Waals surface area contributed by atoms with Crippen molar-refractivity contribution in [2.24, 2.45) is 7.05 Å². The quantitative estimate of drug-likeness (QED) is 0.704. The Bertz CT molecular complexity index is 348. The van der Waals surface area contributed by atoms with Crippen molar-refractivity contribution in [2.45, 2.75) is 19.8 Å². The molecule has 0 saturated carbocycles. The van der Waals surface area contributed by atoms with Gasteiger partial charge in [0.2, 0.25) is 5.88 Å². The van der Waals surface area contributed by atoms with Gasteiger partial charge in [-0.05, 0) is 6.92 Å². The largest absolute Gasteiger partial charge is 0.481 e. The van der Waals surface area contributed by atoms with E-state index in [0.717, 1.165) is 17.1 Å². The molecule has 1 aromatic rings. The lowest BCUT2D eigenvalue weighted by Gasteiger charge is -2.14. The fraction of sp³-hybridized carbons (Fsp3) is 0.727. The summed E-state index contributed by atoms with van der Waals surface area (Å²) >= 11 is 0. The number of hydrogen-bond acceptors (Lipinski definition) is 5. The molecule has 0 atom stereocenters. The van der Waals surface area contributed by atoms with Gasteiger partial charge in [0.05, 0.1) is 18.4 Å². The van der Waals surface area contributed by atoms with Crippen LogP contribution in [0.2, 0.25) is 0 Å². The first-order chi connectivity index (χ1) is 8.13. The first kappa shape index (κ1) is 14.0. The Kier molecular flexibility index (Phi) is 5.40. The van der Waals surface area contributed by atoms with Gasteiger partial charge in [0, 0.05) is 34.4 Å². The summed E-state index contributed by atoms with van der Waals surface area (Å²) in [7, 11) is 6.74. The summed E-state index contributed by atoms with van der Waals surface area (Å²) in [6.45, 7) is 3.25. The Morgan fingerprint density at radius 2 is 1.94 bits per heavy atom. The summed E-state index contributed by atoms with van der Waals surface area (Å²) in [5, 5.41) is 7.56. The SMILES string of the molecule is COc1c(CNCC(OC)OC)c(C)nn1C. The van der Waals surface area contributed by atoms with Gasteiger partial charge < -0.3 is 19.5 Å². The molecule has 6 nitrogen and oxygen atoms in total. The molecule has 0 aliphatic carbocycles. The van der Waals surface area contributed by atoms with Gasteiger partial charge in [-0.3, -0.25) is 0 Å². The highest BCUT2D eigenvalue weighted by molar-refractivity contribution is 5.30. The van der Waals surface area contributed by atoms with Crippen LogP contribution in [0, 0.1) is 6.92 Å². The fourth-order valence-corrected chi connectivity index (χ4v) is 1.72. The summed E-state index contributed by atoms with van der Waals surface area (Å²) in [5.74, 6) is 0.779. The second-order valence-corrected chi connectivity index (χ2v) is 3.73. The van der Waals surface area contributed by atoms with E-state index in [1.165, 1.54) is 0 Å². The minimum Gasteiger partial charge on any atom is -0.481 e. The third kappa shape index (κ3) is 3.42. The molecule has 1 heterocycles. The van der Waals surface area contributed by atoms with Crippen LogP contribution in [0.4, 0.5) is 0 Å². The van der Waals surface area contributed by atoms with Crippen molar-refractivity contribution < 1.29 is 14.2 Å². The van der Waals surface area contributed by atoms with Crippen LogP contribution in [0.1, 0.15) is 11.3 Å². The zero-order chi connectivity index (χ0) is 12.8. The van der Waals surface area contributed by atoms with E-state index in [2.05, 4.69) is 10.4 Å².